The number of rotatable bonds is 14. The van der Waals surface area contributed by atoms with E-state index in [1.165, 1.54) is 79.1 Å². The summed E-state index contributed by atoms with van der Waals surface area (Å²) >= 11 is 12.1. The zero-order valence-corrected chi connectivity index (χ0v) is 89.4. The predicted octanol–water partition coefficient (Wildman–Crippen LogP) is 27.3. The van der Waals surface area contributed by atoms with Crippen molar-refractivity contribution in [2.45, 2.75) is 125 Å². The highest BCUT2D eigenvalue weighted by molar-refractivity contribution is 7.24. The van der Waals surface area contributed by atoms with Crippen LogP contribution in [-0.2, 0) is 0 Å². The summed E-state index contributed by atoms with van der Waals surface area (Å²) < 4.78 is 43.8. The van der Waals surface area contributed by atoms with E-state index in [-0.39, 0.29) is 0 Å². The highest BCUT2D eigenvalue weighted by Crippen LogP contribution is 2.50. The zero-order valence-electron chi connectivity index (χ0n) is 82.9. The molecule has 40 heteroatoms. The van der Waals surface area contributed by atoms with Crippen molar-refractivity contribution in [3.8, 4) is 143 Å². The maximum atomic E-state index is 6.41. The Morgan fingerprint density at radius 1 is 0.233 bits per heavy atom. The van der Waals surface area contributed by atoms with Gasteiger partial charge in [-0.2, -0.15) is 24.9 Å². The Kier molecular flexibility index (Phi) is 27.6. The molecule has 0 radical (unpaired) electrons. The van der Waals surface area contributed by atoms with E-state index in [2.05, 4.69) is 174 Å². The lowest BCUT2D eigenvalue weighted by atomic mass is 10.1. The summed E-state index contributed by atoms with van der Waals surface area (Å²) in [5, 5.41) is 38.7. The van der Waals surface area contributed by atoms with Gasteiger partial charge in [0.15, 0.2) is 0 Å². The van der Waals surface area contributed by atoms with Gasteiger partial charge in [-0.1, -0.05) is 111 Å². The standard InChI is InChI=1S/2C19H18N4O2S.2C18H16N4OS.2C16H14N4OS2/c1-9-10(2)14-15(20)16(26-19(14)21-11(9)3)18-23-22-17(25-18)12-7-5-6-8-13(12)24-4;1-9-10(2)14-15(20)16(26-19(14)21-11(9)3)18-22-17(23-25-18)12-7-5-6-8-13(12)24-4;1-9-10(2)13-14(19)15(24-18(13)20-11(9)3)16-21-17(23-22-16)12-7-5-4-6-8-12;1-9-10(2)13-14(19)15(24-18(13)20-11(9)3)17-21-16(22-23-17)12-7-5-4-6-8-12;1-7-8(2)11-12(17)13(23-16(11)18-9(7)3)14-19-15(21-20-14)10-5-4-6-22-10;1-7-8(2)11-12(17)13(23-16(11)18-9(7)3)15-19-14(20-21-15)10-5-4-6-22-10/h2*5-8H,20H2,1-4H3;2*4-8H,19H2,1-3H3;2*4-6H,17H2,1-3H3. The van der Waals surface area contributed by atoms with Crippen molar-refractivity contribution in [3.05, 3.63) is 245 Å². The number of methoxy groups -OCH3 is 2. The summed E-state index contributed by atoms with van der Waals surface area (Å²) in [4.78, 5) is 62.5. The molecule has 32 nitrogen and oxygen atoms in total. The molecule has 0 bridgehead atoms. The summed E-state index contributed by atoms with van der Waals surface area (Å²) in [6.07, 6.45) is 0. The summed E-state index contributed by atoms with van der Waals surface area (Å²) in [7, 11) is 3.22. The Morgan fingerprint density at radius 3 is 0.904 bits per heavy atom. The molecule has 146 heavy (non-hydrogen) atoms. The normalized spacial score (nSPS) is 11.3. The third-order valence-corrected chi connectivity index (χ3v) is 34.3. The number of hydrogen-bond acceptors (Lipinski definition) is 40. The van der Waals surface area contributed by atoms with Crippen LogP contribution < -0.4 is 43.9 Å². The van der Waals surface area contributed by atoms with Crippen molar-refractivity contribution in [1.29, 1.82) is 0 Å². The minimum atomic E-state index is 0.390. The molecular weight excluding hydrogens is 1990 g/mol. The van der Waals surface area contributed by atoms with Gasteiger partial charge in [-0.3, -0.25) is 0 Å². The van der Waals surface area contributed by atoms with Crippen LogP contribution in [0.1, 0.15) is 101 Å². The molecular formula is C106H96N24O8S8. The van der Waals surface area contributed by atoms with Crippen LogP contribution in [-0.4, -0.2) is 105 Å². The number of para-hydroxylation sites is 2. The van der Waals surface area contributed by atoms with Crippen LogP contribution in [0.4, 0.5) is 34.1 Å². The first-order valence-electron chi connectivity index (χ1n) is 45.7. The van der Waals surface area contributed by atoms with Crippen molar-refractivity contribution in [1.82, 2.24) is 90.8 Å². The van der Waals surface area contributed by atoms with E-state index in [1.807, 2.05) is 186 Å². The van der Waals surface area contributed by atoms with Gasteiger partial charge in [0.1, 0.15) is 69.7 Å². The SMILES string of the molecule is COc1ccccc1-c1nnc(-c2sc3nc(C)c(C)c(C)c3c2N)o1.COc1ccccc1-c1noc(-c2sc3nc(C)c(C)c(C)c3c2N)n1.Cc1nc2sc(-c3nc(-c4ccccc4)no3)c(N)c2c(C)c1C.Cc1nc2sc(-c3nc(-c4cccs4)no3)c(N)c2c(C)c1C.Cc1nc2sc(-c3noc(-c4ccccc4)n3)c(N)c2c(C)c1C.Cc1nc2sc(-c3noc(-c4cccs4)n3)c(N)c2c(C)c1C. The number of pyridine rings is 6. The van der Waals surface area contributed by atoms with E-state index < -0.39 is 0 Å². The molecule has 736 valence electrons. The van der Waals surface area contributed by atoms with E-state index >= 15 is 0 Å². The maximum Gasteiger partial charge on any atom is 0.270 e. The van der Waals surface area contributed by atoms with Crippen LogP contribution in [0.5, 0.6) is 11.5 Å². The average Bonchev–Trinajstić information content (AvgIpc) is 1.64. The summed E-state index contributed by atoms with van der Waals surface area (Å²) in [5.41, 5.74) is 65.5. The molecule has 0 aliphatic carbocycles. The van der Waals surface area contributed by atoms with E-state index in [9.17, 15) is 0 Å². The Labute approximate surface area is 868 Å². The quantitative estimate of drug-likeness (QED) is 0.0589. The van der Waals surface area contributed by atoms with E-state index in [1.54, 1.807) is 36.9 Å². The summed E-state index contributed by atoms with van der Waals surface area (Å²) in [6.45, 7) is 36.9. The average molecular weight is 2090 g/mol. The lowest BCUT2D eigenvalue weighted by molar-refractivity contribution is 0.413. The van der Waals surface area contributed by atoms with Crippen molar-refractivity contribution < 1.29 is 36.5 Å². The van der Waals surface area contributed by atoms with Gasteiger partial charge in [0, 0.05) is 77.6 Å². The monoisotopic (exact) mass is 2090 g/mol. The number of ether oxygens (including phenoxy) is 2. The van der Waals surface area contributed by atoms with Gasteiger partial charge in [-0.25, -0.2) is 29.9 Å². The largest absolute Gasteiger partial charge is 0.496 e. The van der Waals surface area contributed by atoms with Gasteiger partial charge in [-0.15, -0.1) is 101 Å². The second kappa shape index (κ2) is 40.8. The van der Waals surface area contributed by atoms with E-state index in [0.717, 1.165) is 212 Å². The number of aryl methyl sites for hydroxylation is 12. The number of fused-ring (bicyclic) bond motifs is 6. The number of anilines is 6. The van der Waals surface area contributed by atoms with Crippen molar-refractivity contribution in [2.75, 3.05) is 48.6 Å². The molecule has 0 amide bonds. The number of nitrogen functional groups attached to an aromatic ring is 6. The molecule has 20 heterocycles. The molecule has 0 fully saturated rings. The number of nitrogens with zero attached hydrogens (tertiary/aromatic N) is 18. The van der Waals surface area contributed by atoms with E-state index in [0.29, 0.717) is 116 Å². The van der Waals surface area contributed by atoms with Gasteiger partial charge in [0.25, 0.3) is 41.2 Å². The Hall–Kier alpha value is -15.8. The lowest BCUT2D eigenvalue weighted by Crippen LogP contribution is -1.94. The van der Waals surface area contributed by atoms with Gasteiger partial charge in [0.2, 0.25) is 29.1 Å². The fraction of sp³-hybridized carbons (Fsp3) is 0.189. The fourth-order valence-electron chi connectivity index (χ4n) is 16.5. The molecule has 0 aliphatic rings. The van der Waals surface area contributed by atoms with Crippen LogP contribution in [0.25, 0.3) is 193 Å². The Bertz CT molecular complexity index is 8550. The predicted molar refractivity (Wildman–Crippen MR) is 591 cm³/mol. The van der Waals surface area contributed by atoms with Gasteiger partial charge >= 0.3 is 0 Å². The number of benzene rings is 4. The van der Waals surface area contributed by atoms with Crippen molar-refractivity contribution >= 4 is 186 Å². The maximum absolute atomic E-state index is 6.41. The summed E-state index contributed by atoms with van der Waals surface area (Å²) in [6, 6.07) is 42.3. The van der Waals surface area contributed by atoms with Gasteiger partial charge in [0.05, 0.1) is 69.2 Å². The van der Waals surface area contributed by atoms with Gasteiger partial charge < -0.3 is 70.9 Å². The zero-order chi connectivity index (χ0) is 103. The van der Waals surface area contributed by atoms with Crippen LogP contribution in [0, 0.1) is 125 Å². The van der Waals surface area contributed by atoms with Crippen LogP contribution in [0.15, 0.2) is 171 Å². The number of thiophene rings is 8. The molecule has 4 aromatic carbocycles. The smallest absolute Gasteiger partial charge is 0.270 e. The molecule has 0 aliphatic heterocycles. The molecule has 12 N–H and O–H groups in total. The van der Waals surface area contributed by atoms with Crippen LogP contribution in [0.2, 0.25) is 0 Å². The lowest BCUT2D eigenvalue weighted by Gasteiger charge is -2.05. The number of aromatic nitrogens is 18. The minimum absolute atomic E-state index is 0.390. The molecule has 0 saturated carbocycles. The van der Waals surface area contributed by atoms with Crippen molar-refractivity contribution in [3.63, 3.8) is 0 Å². The molecule has 0 atom stereocenters. The topological polar surface area (TPSA) is 485 Å². The van der Waals surface area contributed by atoms with Crippen LogP contribution in [0.3, 0.4) is 0 Å². The minimum Gasteiger partial charge on any atom is -0.496 e. The number of hydrogen-bond donors (Lipinski definition) is 6. The molecule has 0 saturated heterocycles. The van der Waals surface area contributed by atoms with Crippen LogP contribution >= 0.6 is 90.7 Å². The highest BCUT2D eigenvalue weighted by atomic mass is 32.1. The highest BCUT2D eigenvalue weighted by Gasteiger charge is 2.30. The van der Waals surface area contributed by atoms with E-state index in [4.69, 9.17) is 70.9 Å². The first-order valence-corrected chi connectivity index (χ1v) is 52.4. The molecule has 24 aromatic rings. The molecule has 0 unspecified atom stereocenters. The Morgan fingerprint density at radius 2 is 0.514 bits per heavy atom. The first kappa shape index (κ1) is 98.9. The van der Waals surface area contributed by atoms with Gasteiger partial charge in [-0.05, 0) is 251 Å². The molecule has 20 aromatic heterocycles. The summed E-state index contributed by atoms with van der Waals surface area (Å²) in [5.74, 6) is 7.05. The molecule has 24 rings (SSSR count). The number of nitrogens with two attached hydrogens (primary N) is 6. The molecule has 0 spiro atoms. The third kappa shape index (κ3) is 18.6. The van der Waals surface area contributed by atoms with Crippen molar-refractivity contribution in [2.24, 2.45) is 0 Å². The second-order valence-electron chi connectivity index (χ2n) is 34.4. The first-order chi connectivity index (χ1) is 70.2. The Balaban J connectivity index is 0.000000111. The fourth-order valence-corrected chi connectivity index (χ4v) is 24.6. The third-order valence-electron chi connectivity index (χ3n) is 26.0. The second-order valence-corrected chi connectivity index (χ2v) is 42.3.